The number of hydrogen-bond acceptors (Lipinski definition) is 0. The van der Waals surface area contributed by atoms with Gasteiger partial charge in [-0.15, -0.1) is 24.8 Å². The molecule has 2 atom stereocenters. The summed E-state index contributed by atoms with van der Waals surface area (Å²) in [6.07, 6.45) is 5.20. The average molecular weight is 827 g/mol. The third-order valence-corrected chi connectivity index (χ3v) is 30.0. The zero-order valence-corrected chi connectivity index (χ0v) is 37.0. The van der Waals surface area contributed by atoms with Crippen molar-refractivity contribution in [1.82, 2.24) is 0 Å². The van der Waals surface area contributed by atoms with E-state index in [9.17, 15) is 0 Å². The zero-order valence-electron chi connectivity index (χ0n) is 31.5. The molecule has 0 aliphatic heterocycles. The van der Waals surface area contributed by atoms with E-state index in [1.165, 1.54) is 71.3 Å². The van der Waals surface area contributed by atoms with Gasteiger partial charge >= 0.3 is 307 Å². The van der Waals surface area contributed by atoms with E-state index in [4.69, 9.17) is 0 Å². The summed E-state index contributed by atoms with van der Waals surface area (Å²) in [7, 11) is 0. The number of halogens is 2. The van der Waals surface area contributed by atoms with Crippen molar-refractivity contribution in [2.75, 3.05) is 0 Å². The SMILES string of the molecule is CC1=Cc2c(-c3cccc4c3ccc3ccccc34)ccc(C)c2[CH]1[Zr]([CH3])([CH3])(=[SiH2])[CH]1C(C(C)C)=Cc2c(-c3cccc4ccccc34)cccc21.Cl.Cl. The van der Waals surface area contributed by atoms with Gasteiger partial charge in [0.25, 0.3) is 0 Å². The van der Waals surface area contributed by atoms with Gasteiger partial charge in [0.05, 0.1) is 0 Å². The second-order valence-corrected chi connectivity index (χ2v) is 47.2. The van der Waals surface area contributed by atoms with Crippen molar-refractivity contribution in [2.24, 2.45) is 5.92 Å². The first kappa shape index (κ1) is 37.8. The van der Waals surface area contributed by atoms with Crippen LogP contribution in [-0.4, -0.2) is 6.88 Å². The maximum absolute atomic E-state index is 3.81. The minimum Gasteiger partial charge on any atom is -0.147 e. The molecule has 266 valence electrons. The fourth-order valence-corrected chi connectivity index (χ4v) is 31.0. The summed E-state index contributed by atoms with van der Waals surface area (Å²) in [5.41, 5.74) is 16.1. The summed E-state index contributed by atoms with van der Waals surface area (Å²) in [6, 6.07) is 48.0. The standard InChI is InChI=1S/C25H19.C22H19.2CH3.2ClH.H2Si.Zr/c1-16-14-24-17(2)10-12-23(25(24)15-16)21-9-5-8-20-19-7-4-3-6-18(19)11-13-22(20)21;1-15(2)18-13-17-9-6-12-21(22(17)14-18)20-11-5-8-16-7-3-4-10-19(16)20;;;;;;/h3-15H,1-2H3;3-15H,1-2H3;2*1H3;2*1H;1H2;. The van der Waals surface area contributed by atoms with Crippen LogP contribution in [0.25, 0.3) is 66.7 Å². The molecule has 2 aliphatic carbocycles. The Morgan fingerprint density at radius 2 is 1.08 bits per heavy atom. The average Bonchev–Trinajstić information content (AvgIpc) is 3.72. The minimum absolute atomic E-state index is 0. The first-order valence-corrected chi connectivity index (χ1v) is 32.3. The third kappa shape index (κ3) is 5.79. The molecule has 0 amide bonds. The smallest absolute Gasteiger partial charge is 0.147 e. The number of hydrogen-bond donors (Lipinski definition) is 0. The molecular weight excluding hydrogens is 779 g/mol. The van der Waals surface area contributed by atoms with Crippen molar-refractivity contribution in [3.63, 3.8) is 0 Å². The van der Waals surface area contributed by atoms with E-state index >= 15 is 0 Å². The molecule has 2 unspecified atom stereocenters. The Morgan fingerprint density at radius 1 is 0.509 bits per heavy atom. The van der Waals surface area contributed by atoms with Gasteiger partial charge in [-0.1, -0.05) is 0 Å². The monoisotopic (exact) mass is 824 g/mol. The van der Waals surface area contributed by atoms with Gasteiger partial charge in [0.1, 0.15) is 0 Å². The Kier molecular flexibility index (Phi) is 9.73. The van der Waals surface area contributed by atoms with Crippen LogP contribution in [-0.2, 0) is 17.4 Å². The first-order chi connectivity index (χ1) is 24.5. The largest absolute Gasteiger partial charge is 0.147 e. The van der Waals surface area contributed by atoms with E-state index in [1.807, 2.05) is 0 Å². The molecule has 0 fully saturated rings. The normalized spacial score (nSPS) is 16.6. The van der Waals surface area contributed by atoms with Crippen molar-refractivity contribution < 1.29 is 17.4 Å². The van der Waals surface area contributed by atoms with Crippen molar-refractivity contribution in [1.29, 1.82) is 0 Å². The van der Waals surface area contributed by atoms with Crippen LogP contribution < -0.4 is 0 Å². The number of benzene rings is 7. The molecule has 9 rings (SSSR count). The molecule has 0 spiro atoms. The Morgan fingerprint density at radius 3 is 1.81 bits per heavy atom. The predicted octanol–water partition coefficient (Wildman–Crippen LogP) is 14.2. The van der Waals surface area contributed by atoms with Crippen LogP contribution in [0.1, 0.15) is 55.8 Å². The van der Waals surface area contributed by atoms with Crippen molar-refractivity contribution in [2.45, 2.75) is 44.2 Å². The van der Waals surface area contributed by atoms with E-state index in [0.29, 0.717) is 13.2 Å². The van der Waals surface area contributed by atoms with Crippen LogP contribution in [0.2, 0.25) is 9.26 Å². The molecule has 0 aromatic heterocycles. The summed E-state index contributed by atoms with van der Waals surface area (Å²) >= 11 is -3.81. The third-order valence-electron chi connectivity index (χ3n) is 12.4. The van der Waals surface area contributed by atoms with Gasteiger partial charge in [0.15, 0.2) is 0 Å². The fourth-order valence-electron chi connectivity index (χ4n) is 10.4. The minimum atomic E-state index is -3.81. The molecule has 0 heterocycles. The molecule has 0 radical (unpaired) electrons. The van der Waals surface area contributed by atoms with Gasteiger partial charge in [0, 0.05) is 0 Å². The second kappa shape index (κ2) is 13.6. The molecule has 0 bridgehead atoms. The van der Waals surface area contributed by atoms with Crippen LogP contribution >= 0.6 is 24.8 Å². The fraction of sp³-hybridized carbons (Fsp3) is 0.184. The topological polar surface area (TPSA) is 0 Å². The summed E-state index contributed by atoms with van der Waals surface area (Å²) in [4.78, 5) is 0. The molecule has 53 heavy (non-hydrogen) atoms. The molecule has 4 heteroatoms. The Balaban J connectivity index is 0.00000218. The van der Waals surface area contributed by atoms with Crippen molar-refractivity contribution in [3.8, 4) is 22.3 Å². The van der Waals surface area contributed by atoms with Crippen LogP contribution in [0.4, 0.5) is 0 Å². The van der Waals surface area contributed by atoms with Gasteiger partial charge in [-0.25, -0.2) is 0 Å². The van der Waals surface area contributed by atoms with Gasteiger partial charge in [-0.2, -0.15) is 0 Å². The molecule has 0 saturated heterocycles. The Labute approximate surface area is 329 Å². The quantitative estimate of drug-likeness (QED) is 0.120. The van der Waals surface area contributed by atoms with Crippen LogP contribution in [0.15, 0.2) is 139 Å². The molecule has 2 aliphatic rings. The number of fused-ring (bicyclic) bond motifs is 6. The van der Waals surface area contributed by atoms with Crippen LogP contribution in [0.5, 0.6) is 0 Å². The number of rotatable bonds is 5. The number of allylic oxidation sites excluding steroid dienone is 2. The van der Waals surface area contributed by atoms with Gasteiger partial charge in [-0.3, -0.25) is 0 Å². The maximum Gasteiger partial charge on any atom is -0.147 e. The van der Waals surface area contributed by atoms with E-state index < -0.39 is 17.4 Å². The summed E-state index contributed by atoms with van der Waals surface area (Å²) in [5.74, 6) is 0.475. The van der Waals surface area contributed by atoms with Crippen molar-refractivity contribution >= 4 is 76.2 Å². The molecule has 7 aromatic rings. The summed E-state index contributed by atoms with van der Waals surface area (Å²) in [5, 5.41) is 7.93. The Hall–Kier alpha value is -3.52. The predicted molar refractivity (Wildman–Crippen MR) is 238 cm³/mol. The number of aryl methyl sites for hydroxylation is 1. The zero-order chi connectivity index (χ0) is 35.3. The second-order valence-electron chi connectivity index (χ2n) is 16.8. The van der Waals surface area contributed by atoms with Crippen molar-refractivity contribution in [3.05, 3.63) is 166 Å². The van der Waals surface area contributed by atoms with E-state index in [0.717, 1.165) is 0 Å². The molecule has 0 saturated carbocycles. The Bertz CT molecular complexity index is 2740. The van der Waals surface area contributed by atoms with E-state index in [2.05, 4.69) is 183 Å². The van der Waals surface area contributed by atoms with E-state index in [-0.39, 0.29) is 24.8 Å². The van der Waals surface area contributed by atoms with Crippen LogP contribution in [0.3, 0.4) is 0 Å². The van der Waals surface area contributed by atoms with Crippen LogP contribution in [0, 0.1) is 12.8 Å². The van der Waals surface area contributed by atoms with E-state index in [1.54, 1.807) is 22.3 Å². The summed E-state index contributed by atoms with van der Waals surface area (Å²) in [6.45, 7) is 12.1. The van der Waals surface area contributed by atoms with Gasteiger partial charge in [0.2, 0.25) is 0 Å². The van der Waals surface area contributed by atoms with Gasteiger partial charge < -0.3 is 0 Å². The summed E-state index contributed by atoms with van der Waals surface area (Å²) < 4.78 is 6.51. The molecular formula is C49H48Cl2SiZr. The first-order valence-electron chi connectivity index (χ1n) is 18.6. The maximum atomic E-state index is 2.79. The van der Waals surface area contributed by atoms with Gasteiger partial charge in [-0.05, 0) is 0 Å². The molecule has 0 nitrogen and oxygen atoms in total. The molecule has 0 N–H and O–H groups in total. The molecule has 7 aromatic carbocycles.